The zero-order valence-electron chi connectivity index (χ0n) is 20.3. The van der Waals surface area contributed by atoms with E-state index in [9.17, 15) is 4.79 Å². The molecule has 1 rings (SSSR count). The molecule has 0 heterocycles. The average molecular weight is 436 g/mol. The Bertz CT molecular complexity index is 611. The molecule has 0 aliphatic carbocycles. The van der Waals surface area contributed by atoms with Gasteiger partial charge in [0, 0.05) is 13.0 Å². The summed E-state index contributed by atoms with van der Waals surface area (Å²) in [5.41, 5.74) is 6.05. The Hall–Kier alpha value is -1.17. The molecule has 30 heavy (non-hydrogen) atoms. The average Bonchev–Trinajstić information content (AvgIpc) is 2.69. The highest BCUT2D eigenvalue weighted by Gasteiger charge is 2.37. The number of benzene rings is 1. The lowest BCUT2D eigenvalue weighted by Gasteiger charge is -2.35. The van der Waals surface area contributed by atoms with Crippen molar-refractivity contribution in [3.63, 3.8) is 0 Å². The summed E-state index contributed by atoms with van der Waals surface area (Å²) in [5, 5.41) is 0.209. The van der Waals surface area contributed by atoms with Gasteiger partial charge in [0.05, 0.1) is 7.11 Å². The summed E-state index contributed by atoms with van der Waals surface area (Å²) in [6.45, 7) is 12.1. The molecule has 5 heteroatoms. The monoisotopic (exact) mass is 435 g/mol. The smallest absolute Gasteiger partial charge is 0.305 e. The van der Waals surface area contributed by atoms with Crippen molar-refractivity contribution in [1.29, 1.82) is 0 Å². The van der Waals surface area contributed by atoms with Crippen LogP contribution < -0.4 is 5.48 Å². The van der Waals surface area contributed by atoms with Gasteiger partial charge in [0.1, 0.15) is 0 Å². The first-order chi connectivity index (χ1) is 14.2. The Kier molecular flexibility index (Phi) is 12.5. The molecule has 0 atom stereocenters. The minimum atomic E-state index is -1.77. The minimum Gasteiger partial charge on any atom is -0.469 e. The molecule has 4 nitrogen and oxygen atoms in total. The number of esters is 1. The number of methoxy groups -OCH3 is 1. The van der Waals surface area contributed by atoms with Gasteiger partial charge in [-0.05, 0) is 48.5 Å². The molecule has 1 aromatic rings. The molecule has 0 aromatic heterocycles. The van der Waals surface area contributed by atoms with Crippen molar-refractivity contribution >= 4 is 14.3 Å². The van der Waals surface area contributed by atoms with Gasteiger partial charge in [-0.3, -0.25) is 4.79 Å². The van der Waals surface area contributed by atoms with Gasteiger partial charge in [0.15, 0.2) is 0 Å². The highest BCUT2D eigenvalue weighted by molar-refractivity contribution is 6.74. The predicted octanol–water partition coefficient (Wildman–Crippen LogP) is 6.94. The molecule has 0 saturated heterocycles. The van der Waals surface area contributed by atoms with Gasteiger partial charge in [0.2, 0.25) is 8.32 Å². The van der Waals surface area contributed by atoms with E-state index in [-0.39, 0.29) is 11.0 Å². The van der Waals surface area contributed by atoms with Crippen LogP contribution in [0.5, 0.6) is 0 Å². The molecule has 0 aliphatic heterocycles. The molecule has 0 unspecified atom stereocenters. The second kappa shape index (κ2) is 14.0. The summed E-state index contributed by atoms with van der Waals surface area (Å²) < 4.78 is 10.8. The molecule has 1 N–H and O–H groups in total. The third-order valence-corrected chi connectivity index (χ3v) is 10.6. The summed E-state index contributed by atoms with van der Waals surface area (Å²) in [5.74, 6) is -0.0861. The first kappa shape index (κ1) is 26.9. The number of carbonyl (C=O) groups is 1. The van der Waals surface area contributed by atoms with Crippen LogP contribution >= 0.6 is 0 Å². The van der Waals surface area contributed by atoms with Crippen LogP contribution in [0.1, 0.15) is 89.7 Å². The first-order valence-corrected chi connectivity index (χ1v) is 14.6. The van der Waals surface area contributed by atoms with Crippen LogP contribution in [0, 0.1) is 0 Å². The van der Waals surface area contributed by atoms with E-state index in [2.05, 4.69) is 68.3 Å². The number of unbranched alkanes of at least 4 members (excludes halogenated alkanes) is 7. The maximum Gasteiger partial charge on any atom is 0.305 e. The number of carbonyl (C=O) groups excluding carboxylic acids is 1. The number of hydrogen-bond donors (Lipinski definition) is 1. The van der Waals surface area contributed by atoms with E-state index >= 15 is 0 Å². The molecule has 0 radical (unpaired) electrons. The summed E-state index contributed by atoms with van der Waals surface area (Å²) in [6, 6.07) is 8.73. The van der Waals surface area contributed by atoms with Gasteiger partial charge in [0.25, 0.3) is 0 Å². The van der Waals surface area contributed by atoms with E-state index in [0.717, 1.165) is 25.8 Å². The van der Waals surface area contributed by atoms with Gasteiger partial charge in [-0.2, -0.15) is 0 Å². The number of ether oxygens (including phenoxy) is 1. The Labute approximate surface area is 186 Å². The maximum absolute atomic E-state index is 11.1. The van der Waals surface area contributed by atoms with Crippen molar-refractivity contribution in [1.82, 2.24) is 5.48 Å². The van der Waals surface area contributed by atoms with Gasteiger partial charge < -0.3 is 9.26 Å². The Morgan fingerprint density at radius 2 is 1.43 bits per heavy atom. The largest absolute Gasteiger partial charge is 0.469 e. The quantitative estimate of drug-likeness (QED) is 0.140. The normalized spacial score (nSPS) is 12.2. The number of hydrogen-bond acceptors (Lipinski definition) is 4. The van der Waals surface area contributed by atoms with E-state index in [4.69, 9.17) is 4.53 Å². The highest BCUT2D eigenvalue weighted by atomic mass is 28.4. The van der Waals surface area contributed by atoms with Crippen LogP contribution in [-0.4, -0.2) is 21.4 Å². The van der Waals surface area contributed by atoms with Crippen LogP contribution in [0.25, 0.3) is 0 Å². The molecule has 0 aliphatic rings. The van der Waals surface area contributed by atoms with Crippen molar-refractivity contribution in [3.05, 3.63) is 35.4 Å². The van der Waals surface area contributed by atoms with E-state index in [1.807, 2.05) is 0 Å². The van der Waals surface area contributed by atoms with Crippen LogP contribution in [0.2, 0.25) is 18.1 Å². The van der Waals surface area contributed by atoms with Crippen LogP contribution in [-0.2, 0) is 27.0 Å². The fourth-order valence-corrected chi connectivity index (χ4v) is 3.91. The van der Waals surface area contributed by atoms with Gasteiger partial charge in [-0.15, -0.1) is 0 Å². The van der Waals surface area contributed by atoms with Gasteiger partial charge in [-0.25, -0.2) is 5.48 Å². The summed E-state index contributed by atoms with van der Waals surface area (Å²) in [7, 11) is -0.312. The standard InChI is InChI=1S/C25H45NO3Si/c1-25(2,3)30(5,6)29-26-21-23-19-16-15-18-22(23)17-13-11-9-7-8-10-12-14-20-24(27)28-4/h15-16,18-19,26H,7-14,17,20-21H2,1-6H3. The van der Waals surface area contributed by atoms with E-state index in [1.165, 1.54) is 56.8 Å². The third-order valence-electron chi connectivity index (χ3n) is 6.32. The SMILES string of the molecule is COC(=O)CCCCCCCCCCc1ccccc1CNO[Si](C)(C)C(C)(C)C. The first-order valence-electron chi connectivity index (χ1n) is 11.7. The lowest BCUT2D eigenvalue weighted by atomic mass is 10.00. The van der Waals surface area contributed by atoms with Crippen LogP contribution in [0.4, 0.5) is 0 Å². The fourth-order valence-electron chi connectivity index (χ4n) is 3.17. The zero-order valence-corrected chi connectivity index (χ0v) is 21.3. The number of rotatable bonds is 15. The van der Waals surface area contributed by atoms with Crippen molar-refractivity contribution < 1.29 is 14.1 Å². The molecule has 172 valence electrons. The number of aryl methyl sites for hydroxylation is 1. The number of hydroxylamine groups is 1. The molecule has 1 aromatic carbocycles. The van der Waals surface area contributed by atoms with Crippen molar-refractivity contribution in [2.24, 2.45) is 0 Å². The predicted molar refractivity (Wildman–Crippen MR) is 129 cm³/mol. The maximum atomic E-state index is 11.1. The second-order valence-electron chi connectivity index (χ2n) is 9.86. The van der Waals surface area contributed by atoms with Gasteiger partial charge >= 0.3 is 5.97 Å². The molecule has 0 saturated carbocycles. The Morgan fingerprint density at radius 1 is 0.900 bits per heavy atom. The highest BCUT2D eigenvalue weighted by Crippen LogP contribution is 2.35. The Morgan fingerprint density at radius 3 is 2.00 bits per heavy atom. The zero-order chi connectivity index (χ0) is 22.5. The Balaban J connectivity index is 2.21. The van der Waals surface area contributed by atoms with Crippen molar-refractivity contribution in [3.8, 4) is 0 Å². The molecule has 0 spiro atoms. The van der Waals surface area contributed by atoms with Crippen LogP contribution in [0.15, 0.2) is 24.3 Å². The molecular formula is C25H45NO3Si. The van der Waals surface area contributed by atoms with E-state index < -0.39 is 8.32 Å². The summed E-state index contributed by atoms with van der Waals surface area (Å²) >= 11 is 0. The minimum absolute atomic E-state index is 0.0861. The van der Waals surface area contributed by atoms with E-state index in [1.54, 1.807) is 0 Å². The summed E-state index contributed by atoms with van der Waals surface area (Å²) in [6.07, 6.45) is 11.4. The summed E-state index contributed by atoms with van der Waals surface area (Å²) in [4.78, 5) is 11.1. The molecular weight excluding hydrogens is 390 g/mol. The fraction of sp³-hybridized carbons (Fsp3) is 0.720. The molecule has 0 amide bonds. The number of nitrogens with one attached hydrogen (secondary N) is 1. The topological polar surface area (TPSA) is 47.6 Å². The molecule has 0 fully saturated rings. The van der Waals surface area contributed by atoms with Crippen molar-refractivity contribution in [2.75, 3.05) is 7.11 Å². The molecule has 0 bridgehead atoms. The second-order valence-corrected chi connectivity index (χ2v) is 14.6. The van der Waals surface area contributed by atoms with E-state index in [0.29, 0.717) is 6.42 Å². The third kappa shape index (κ3) is 10.7. The van der Waals surface area contributed by atoms with Crippen molar-refractivity contribution in [2.45, 2.75) is 110 Å². The van der Waals surface area contributed by atoms with Gasteiger partial charge in [-0.1, -0.05) is 83.6 Å². The lowest BCUT2D eigenvalue weighted by Crippen LogP contribution is -2.44. The lowest BCUT2D eigenvalue weighted by molar-refractivity contribution is -0.140. The van der Waals surface area contributed by atoms with Crippen LogP contribution in [0.3, 0.4) is 0 Å².